The molecule has 166 valence electrons. The van der Waals surface area contributed by atoms with Gasteiger partial charge in [0, 0.05) is 48.4 Å². The molecule has 1 atom stereocenters. The molecule has 2 aromatic heterocycles. The molecule has 9 heteroatoms. The van der Waals surface area contributed by atoms with Gasteiger partial charge in [0.05, 0.1) is 62.6 Å². The number of nitrogens with zero attached hydrogens (tertiary/aromatic N) is 4. The van der Waals surface area contributed by atoms with E-state index in [1.165, 1.54) is 0 Å². The first-order chi connectivity index (χ1) is 15.6. The number of aromatic amines is 1. The first-order valence-corrected chi connectivity index (χ1v) is 10.0. The van der Waals surface area contributed by atoms with Crippen LogP contribution in [0.4, 0.5) is 11.4 Å². The Morgan fingerprint density at radius 3 is 2.41 bits per heavy atom. The number of nitrogens with one attached hydrogen (secondary N) is 1. The Balaban J connectivity index is 1.79. The smallest absolute Gasteiger partial charge is 0.124 e. The van der Waals surface area contributed by atoms with Crippen molar-refractivity contribution in [2.75, 3.05) is 39.4 Å². The van der Waals surface area contributed by atoms with Gasteiger partial charge in [0.1, 0.15) is 11.5 Å². The van der Waals surface area contributed by atoms with E-state index < -0.39 is 6.10 Å². The summed E-state index contributed by atoms with van der Waals surface area (Å²) >= 11 is 0. The molecular formula is C23H25N5O4. The number of hydrogen-bond donors (Lipinski definition) is 2. The average Bonchev–Trinajstić information content (AvgIpc) is 3.36. The quantitative estimate of drug-likeness (QED) is 0.413. The maximum absolute atomic E-state index is 10.5. The number of aromatic nitrogens is 4. The van der Waals surface area contributed by atoms with Crippen LogP contribution in [0.25, 0.3) is 22.3 Å². The Morgan fingerprint density at radius 1 is 0.969 bits per heavy atom. The summed E-state index contributed by atoms with van der Waals surface area (Å²) in [4.78, 5) is 11.2. The summed E-state index contributed by atoms with van der Waals surface area (Å²) in [6.07, 6.45) is 4.49. The van der Waals surface area contributed by atoms with Crippen LogP contribution in [0, 0.1) is 0 Å². The minimum atomic E-state index is -0.712. The molecule has 0 aliphatic rings. The lowest BCUT2D eigenvalue weighted by molar-refractivity contribution is 0.0702. The van der Waals surface area contributed by atoms with E-state index in [1.54, 1.807) is 46.0 Å². The van der Waals surface area contributed by atoms with E-state index in [9.17, 15) is 5.11 Å². The van der Waals surface area contributed by atoms with E-state index in [-0.39, 0.29) is 6.61 Å². The van der Waals surface area contributed by atoms with Crippen LogP contribution in [0.3, 0.4) is 0 Å². The number of H-pyrrole nitrogens is 1. The van der Waals surface area contributed by atoms with Crippen molar-refractivity contribution in [2.24, 2.45) is 0 Å². The van der Waals surface area contributed by atoms with Crippen LogP contribution in [-0.2, 0) is 4.74 Å². The number of benzene rings is 2. The lowest BCUT2D eigenvalue weighted by atomic mass is 10.1. The highest BCUT2D eigenvalue weighted by Crippen LogP contribution is 2.34. The minimum absolute atomic E-state index is 0.204. The molecule has 0 fully saturated rings. The zero-order chi connectivity index (χ0) is 22.5. The second kappa shape index (κ2) is 9.63. The Labute approximate surface area is 185 Å². The molecule has 2 N–H and O–H groups in total. The van der Waals surface area contributed by atoms with Crippen molar-refractivity contribution in [1.29, 1.82) is 0 Å². The molecule has 0 saturated heterocycles. The van der Waals surface area contributed by atoms with Gasteiger partial charge < -0.3 is 24.2 Å². The van der Waals surface area contributed by atoms with Gasteiger partial charge in [-0.15, -0.1) is 0 Å². The number of hydrogen-bond acceptors (Lipinski definition) is 8. The SMILES string of the molecule is COC[C@@H](O)CN(c1cc(OC)cc(OC)c1)c1ccc2ncc(-c3cn[nH]c3)nc2c1. The number of methoxy groups -OCH3 is 3. The van der Waals surface area contributed by atoms with Crippen molar-refractivity contribution in [2.45, 2.75) is 6.10 Å². The molecule has 0 aliphatic carbocycles. The summed E-state index contributed by atoms with van der Waals surface area (Å²) in [5, 5.41) is 17.3. The van der Waals surface area contributed by atoms with Crippen LogP contribution >= 0.6 is 0 Å². The van der Waals surface area contributed by atoms with Gasteiger partial charge >= 0.3 is 0 Å². The Kier molecular flexibility index (Phi) is 6.48. The van der Waals surface area contributed by atoms with Crippen LogP contribution in [0.5, 0.6) is 11.5 Å². The molecule has 0 saturated carbocycles. The zero-order valence-electron chi connectivity index (χ0n) is 18.1. The summed E-state index contributed by atoms with van der Waals surface area (Å²) in [6.45, 7) is 0.500. The zero-order valence-corrected chi connectivity index (χ0v) is 18.1. The van der Waals surface area contributed by atoms with E-state index in [2.05, 4.69) is 15.2 Å². The number of aliphatic hydroxyl groups excluding tert-OH is 1. The van der Waals surface area contributed by atoms with Crippen molar-refractivity contribution in [1.82, 2.24) is 20.2 Å². The topological polar surface area (TPSA) is 106 Å². The van der Waals surface area contributed by atoms with Gasteiger partial charge in [0.15, 0.2) is 0 Å². The summed E-state index contributed by atoms with van der Waals surface area (Å²) in [5.74, 6) is 1.29. The Hall–Kier alpha value is -3.69. The van der Waals surface area contributed by atoms with Crippen molar-refractivity contribution < 1.29 is 19.3 Å². The fourth-order valence-electron chi connectivity index (χ4n) is 3.46. The third-order valence-electron chi connectivity index (χ3n) is 5.03. The van der Waals surface area contributed by atoms with Crippen molar-refractivity contribution in [3.63, 3.8) is 0 Å². The third kappa shape index (κ3) is 4.63. The van der Waals surface area contributed by atoms with E-state index >= 15 is 0 Å². The number of fused-ring (bicyclic) bond motifs is 1. The molecule has 9 nitrogen and oxygen atoms in total. The third-order valence-corrected chi connectivity index (χ3v) is 5.03. The highest BCUT2D eigenvalue weighted by Gasteiger charge is 2.18. The number of aliphatic hydroxyl groups is 1. The second-order valence-electron chi connectivity index (χ2n) is 7.21. The van der Waals surface area contributed by atoms with Crippen LogP contribution in [0.2, 0.25) is 0 Å². The van der Waals surface area contributed by atoms with Gasteiger partial charge in [-0.05, 0) is 18.2 Å². The van der Waals surface area contributed by atoms with Crippen LogP contribution < -0.4 is 14.4 Å². The van der Waals surface area contributed by atoms with Gasteiger partial charge in [0.2, 0.25) is 0 Å². The van der Waals surface area contributed by atoms with E-state index in [0.717, 1.165) is 33.7 Å². The van der Waals surface area contributed by atoms with E-state index in [1.807, 2.05) is 35.2 Å². The first kappa shape index (κ1) is 21.5. The molecule has 0 radical (unpaired) electrons. The van der Waals surface area contributed by atoms with Crippen LogP contribution in [-0.4, -0.2) is 65.9 Å². The monoisotopic (exact) mass is 435 g/mol. The summed E-state index contributed by atoms with van der Waals surface area (Å²) in [7, 11) is 4.77. The van der Waals surface area contributed by atoms with Crippen molar-refractivity contribution >= 4 is 22.4 Å². The molecule has 0 aliphatic heterocycles. The van der Waals surface area contributed by atoms with E-state index in [0.29, 0.717) is 18.0 Å². The Bertz CT molecular complexity index is 1160. The number of anilines is 2. The van der Waals surface area contributed by atoms with Gasteiger partial charge in [-0.3, -0.25) is 10.1 Å². The molecule has 4 aromatic rings. The molecule has 0 bridgehead atoms. The largest absolute Gasteiger partial charge is 0.497 e. The van der Waals surface area contributed by atoms with Gasteiger partial charge in [-0.25, -0.2) is 4.98 Å². The maximum Gasteiger partial charge on any atom is 0.124 e. The molecule has 0 unspecified atom stereocenters. The van der Waals surface area contributed by atoms with Gasteiger partial charge in [0.25, 0.3) is 0 Å². The molecule has 4 rings (SSSR count). The second-order valence-corrected chi connectivity index (χ2v) is 7.21. The fourth-order valence-corrected chi connectivity index (χ4v) is 3.46. The lowest BCUT2D eigenvalue weighted by Crippen LogP contribution is -2.31. The molecule has 0 spiro atoms. The molecule has 32 heavy (non-hydrogen) atoms. The predicted octanol–water partition coefficient (Wildman–Crippen LogP) is 3.18. The molecule has 2 aromatic carbocycles. The molecule has 0 amide bonds. The summed E-state index contributed by atoms with van der Waals surface area (Å²) in [5.41, 5.74) is 4.70. The normalized spacial score (nSPS) is 12.0. The van der Waals surface area contributed by atoms with Crippen LogP contribution in [0.15, 0.2) is 55.0 Å². The molecule has 2 heterocycles. The average molecular weight is 435 g/mol. The fraction of sp³-hybridized carbons (Fsp3) is 0.261. The maximum atomic E-state index is 10.5. The highest BCUT2D eigenvalue weighted by molar-refractivity contribution is 5.82. The standard InChI is InChI=1S/C23H25N5O4/c1-30-14-18(29)13-28(17-6-19(31-2)9-20(7-17)32-3)16-4-5-21-22(8-16)27-23(12-24-21)15-10-25-26-11-15/h4-12,18,29H,13-14H2,1-3H3,(H,25,26)/t18-/m0/s1. The van der Waals surface area contributed by atoms with Crippen molar-refractivity contribution in [3.8, 4) is 22.8 Å². The van der Waals surface area contributed by atoms with Crippen LogP contribution in [0.1, 0.15) is 0 Å². The predicted molar refractivity (Wildman–Crippen MR) is 122 cm³/mol. The summed E-state index contributed by atoms with van der Waals surface area (Å²) < 4.78 is 16.0. The number of rotatable bonds is 9. The summed E-state index contributed by atoms with van der Waals surface area (Å²) in [6, 6.07) is 11.4. The highest BCUT2D eigenvalue weighted by atomic mass is 16.5. The van der Waals surface area contributed by atoms with Gasteiger partial charge in [-0.1, -0.05) is 0 Å². The minimum Gasteiger partial charge on any atom is -0.497 e. The Morgan fingerprint density at radius 2 is 1.75 bits per heavy atom. The van der Waals surface area contributed by atoms with Crippen molar-refractivity contribution in [3.05, 3.63) is 55.0 Å². The lowest BCUT2D eigenvalue weighted by Gasteiger charge is -2.28. The molecular weight excluding hydrogens is 410 g/mol. The first-order valence-electron chi connectivity index (χ1n) is 10.0. The van der Waals surface area contributed by atoms with E-state index in [4.69, 9.17) is 19.2 Å². The van der Waals surface area contributed by atoms with Gasteiger partial charge in [-0.2, -0.15) is 5.10 Å². The number of ether oxygens (including phenoxy) is 3.